The van der Waals surface area contributed by atoms with E-state index in [1.54, 1.807) is 4.90 Å². The number of benzene rings is 2. The molecule has 3 amide bonds. The molecule has 1 aliphatic carbocycles. The number of carbonyl (C=O) groups excluding carboxylic acids is 3. The van der Waals surface area contributed by atoms with Crippen molar-refractivity contribution in [2.45, 2.75) is 88.6 Å². The van der Waals surface area contributed by atoms with E-state index in [9.17, 15) is 14.4 Å². The van der Waals surface area contributed by atoms with Crippen LogP contribution in [0.2, 0.25) is 0 Å². The summed E-state index contributed by atoms with van der Waals surface area (Å²) in [7, 11) is 0. The molecule has 2 aromatic rings. The van der Waals surface area contributed by atoms with Gasteiger partial charge in [0.25, 0.3) is 0 Å². The van der Waals surface area contributed by atoms with E-state index in [2.05, 4.69) is 22.8 Å². The number of ether oxygens (including phenoxy) is 1. The van der Waals surface area contributed by atoms with Crippen LogP contribution < -0.4 is 10.6 Å². The topological polar surface area (TPSA) is 87.7 Å². The first-order chi connectivity index (χ1) is 19.4. The van der Waals surface area contributed by atoms with Crippen LogP contribution in [0.3, 0.4) is 0 Å². The number of fused-ring (bicyclic) bond motifs is 1. The van der Waals surface area contributed by atoms with Crippen molar-refractivity contribution in [3.63, 3.8) is 0 Å². The molecule has 210 valence electrons. The largest absolute Gasteiger partial charge is 0.359 e. The van der Waals surface area contributed by atoms with Crippen LogP contribution in [-0.2, 0) is 25.5 Å². The van der Waals surface area contributed by atoms with Gasteiger partial charge >= 0.3 is 0 Å². The van der Waals surface area contributed by atoms with E-state index >= 15 is 0 Å². The first-order valence-corrected chi connectivity index (χ1v) is 14.8. The summed E-state index contributed by atoms with van der Waals surface area (Å²) in [6.45, 7) is 4.00. The van der Waals surface area contributed by atoms with Crippen LogP contribution >= 0.6 is 0 Å². The first-order valence-electron chi connectivity index (χ1n) is 14.8. The molecule has 2 N–H and O–H groups in total. The lowest BCUT2D eigenvalue weighted by atomic mass is 9.74. The predicted octanol–water partition coefficient (Wildman–Crippen LogP) is 4.55. The summed E-state index contributed by atoms with van der Waals surface area (Å²) < 4.78 is 6.52. The van der Waals surface area contributed by atoms with E-state index in [1.807, 2.05) is 68.5 Å². The fourth-order valence-corrected chi connectivity index (χ4v) is 7.23. The average molecular weight is 542 g/mol. The molecule has 7 heteroatoms. The Hall–Kier alpha value is -3.45. The zero-order chi connectivity index (χ0) is 27.9. The Labute approximate surface area is 236 Å². The molecular formula is C33H39N3O4. The van der Waals surface area contributed by atoms with Crippen molar-refractivity contribution in [1.29, 1.82) is 0 Å². The number of nitrogens with one attached hydrogen (secondary N) is 2. The van der Waals surface area contributed by atoms with Gasteiger partial charge in [-0.1, -0.05) is 79.4 Å². The molecule has 3 aliphatic heterocycles. The maximum atomic E-state index is 14.3. The molecule has 2 saturated heterocycles. The Morgan fingerprint density at radius 3 is 2.48 bits per heavy atom. The molecule has 3 fully saturated rings. The summed E-state index contributed by atoms with van der Waals surface area (Å²) in [5.41, 5.74) is 1.83. The zero-order valence-corrected chi connectivity index (χ0v) is 23.3. The number of aryl methyl sites for hydroxylation is 2. The van der Waals surface area contributed by atoms with E-state index in [0.717, 1.165) is 37.7 Å². The third-order valence-electron chi connectivity index (χ3n) is 9.30. The fourth-order valence-electron chi connectivity index (χ4n) is 7.23. The molecule has 0 aromatic heterocycles. The van der Waals surface area contributed by atoms with Gasteiger partial charge in [-0.15, -0.1) is 0 Å². The van der Waals surface area contributed by atoms with Crippen LogP contribution in [0.25, 0.3) is 0 Å². The van der Waals surface area contributed by atoms with Gasteiger partial charge in [-0.2, -0.15) is 0 Å². The minimum atomic E-state index is -1.14. The molecule has 1 saturated carbocycles. The van der Waals surface area contributed by atoms with Crippen molar-refractivity contribution in [2.24, 2.45) is 11.8 Å². The standard InChI is InChI=1S/C33H39N3O4/c1-21-13-17-25(18-14-21)34-30(37)27-26-19-20-33(40-26)28(27)32(39)36(22(2)15-16-23-9-5-3-6-10-23)29(33)31(38)35-24-11-7-4-8-12-24/h3,5-6,9-10,13-14,17-20,22,24,26-29H,4,7-8,11-12,15-16H2,1-2H3,(H,34,37)(H,35,38)/t22-,26+,27-,28+,29-,33+/m0/s1. The highest BCUT2D eigenvalue weighted by molar-refractivity contribution is 6.03. The zero-order valence-electron chi connectivity index (χ0n) is 23.3. The lowest BCUT2D eigenvalue weighted by Gasteiger charge is -2.36. The van der Waals surface area contributed by atoms with Gasteiger partial charge in [0.05, 0.1) is 17.9 Å². The summed E-state index contributed by atoms with van der Waals surface area (Å²) in [6, 6.07) is 16.9. The van der Waals surface area contributed by atoms with Gasteiger partial charge in [0, 0.05) is 17.8 Å². The van der Waals surface area contributed by atoms with Crippen LogP contribution in [-0.4, -0.2) is 52.5 Å². The molecule has 2 bridgehead atoms. The average Bonchev–Trinajstić information content (AvgIpc) is 3.61. The van der Waals surface area contributed by atoms with Crippen LogP contribution in [0.4, 0.5) is 5.69 Å². The normalized spacial score (nSPS) is 29.9. The Bertz CT molecular complexity index is 1290. The van der Waals surface area contributed by atoms with E-state index in [0.29, 0.717) is 12.1 Å². The molecule has 40 heavy (non-hydrogen) atoms. The van der Waals surface area contributed by atoms with Crippen LogP contribution in [0.1, 0.15) is 56.6 Å². The summed E-state index contributed by atoms with van der Waals surface area (Å²) in [4.78, 5) is 43.7. The van der Waals surface area contributed by atoms with Gasteiger partial charge in [-0.05, 0) is 57.2 Å². The number of anilines is 1. The van der Waals surface area contributed by atoms with Crippen LogP contribution in [0.5, 0.6) is 0 Å². The van der Waals surface area contributed by atoms with Crippen molar-refractivity contribution in [3.8, 4) is 0 Å². The highest BCUT2D eigenvalue weighted by Crippen LogP contribution is 2.56. The van der Waals surface area contributed by atoms with Gasteiger partial charge in [0.2, 0.25) is 17.7 Å². The third kappa shape index (κ3) is 4.74. The number of rotatable bonds is 8. The number of amides is 3. The van der Waals surface area contributed by atoms with Crippen molar-refractivity contribution in [3.05, 3.63) is 77.9 Å². The maximum Gasteiger partial charge on any atom is 0.246 e. The van der Waals surface area contributed by atoms with Crippen molar-refractivity contribution in [2.75, 3.05) is 5.32 Å². The van der Waals surface area contributed by atoms with Gasteiger partial charge in [-0.3, -0.25) is 14.4 Å². The Balaban J connectivity index is 1.29. The number of likely N-dealkylation sites (tertiary alicyclic amines) is 1. The van der Waals surface area contributed by atoms with Crippen LogP contribution in [0, 0.1) is 18.8 Å². The number of hydrogen-bond acceptors (Lipinski definition) is 4. The quantitative estimate of drug-likeness (QED) is 0.480. The number of carbonyl (C=O) groups is 3. The molecule has 1 spiro atoms. The lowest BCUT2D eigenvalue weighted by Crippen LogP contribution is -2.58. The maximum absolute atomic E-state index is 14.3. The molecule has 4 aliphatic rings. The third-order valence-corrected chi connectivity index (χ3v) is 9.30. The van der Waals surface area contributed by atoms with Gasteiger partial charge in [0.15, 0.2) is 0 Å². The van der Waals surface area contributed by atoms with E-state index in [1.165, 1.54) is 12.0 Å². The van der Waals surface area contributed by atoms with Gasteiger partial charge in [-0.25, -0.2) is 0 Å². The van der Waals surface area contributed by atoms with Crippen molar-refractivity contribution >= 4 is 23.4 Å². The smallest absolute Gasteiger partial charge is 0.246 e. The second-order valence-electron chi connectivity index (χ2n) is 12.0. The van der Waals surface area contributed by atoms with Gasteiger partial charge in [0.1, 0.15) is 11.6 Å². The minimum absolute atomic E-state index is 0.108. The number of nitrogens with zero attached hydrogens (tertiary/aromatic N) is 1. The predicted molar refractivity (Wildman–Crippen MR) is 153 cm³/mol. The molecular weight excluding hydrogens is 502 g/mol. The summed E-state index contributed by atoms with van der Waals surface area (Å²) >= 11 is 0. The molecule has 6 rings (SSSR count). The Morgan fingerprint density at radius 2 is 1.75 bits per heavy atom. The molecule has 7 nitrogen and oxygen atoms in total. The molecule has 3 heterocycles. The first kappa shape index (κ1) is 26.8. The highest BCUT2D eigenvalue weighted by Gasteiger charge is 2.73. The van der Waals surface area contributed by atoms with E-state index in [-0.39, 0.29) is 29.8 Å². The molecule has 6 atom stereocenters. The summed E-state index contributed by atoms with van der Waals surface area (Å²) in [5, 5.41) is 6.27. The molecule has 0 radical (unpaired) electrons. The monoisotopic (exact) mass is 541 g/mol. The van der Waals surface area contributed by atoms with Crippen molar-refractivity contribution in [1.82, 2.24) is 10.2 Å². The summed E-state index contributed by atoms with van der Waals surface area (Å²) in [5.74, 6) is -2.02. The summed E-state index contributed by atoms with van der Waals surface area (Å²) in [6.07, 6.45) is 10.0. The van der Waals surface area contributed by atoms with E-state index < -0.39 is 29.6 Å². The Kier molecular flexibility index (Phi) is 7.26. The molecule has 2 aromatic carbocycles. The fraction of sp³-hybridized carbons (Fsp3) is 0.485. The second-order valence-corrected chi connectivity index (χ2v) is 12.0. The lowest BCUT2D eigenvalue weighted by molar-refractivity contribution is -0.143. The highest BCUT2D eigenvalue weighted by atomic mass is 16.5. The van der Waals surface area contributed by atoms with Crippen LogP contribution in [0.15, 0.2) is 66.7 Å². The Morgan fingerprint density at radius 1 is 1.02 bits per heavy atom. The number of hydrogen-bond donors (Lipinski definition) is 2. The molecule has 0 unspecified atom stereocenters. The van der Waals surface area contributed by atoms with Gasteiger partial charge < -0.3 is 20.3 Å². The second kappa shape index (κ2) is 10.8. The van der Waals surface area contributed by atoms with E-state index in [4.69, 9.17) is 4.74 Å². The SMILES string of the molecule is Cc1ccc(NC(=O)[C@H]2[C@H]3C=C[C@]4(O3)[C@H](C(=O)NC3CCCCC3)N([C@@H](C)CCc3ccccc3)C(=O)[C@@H]24)cc1. The minimum Gasteiger partial charge on any atom is -0.359 e. The van der Waals surface area contributed by atoms with Crippen molar-refractivity contribution < 1.29 is 19.1 Å².